The van der Waals surface area contributed by atoms with Gasteiger partial charge >= 0.3 is 0 Å². The molecular formula is C12H12ClNO. The second-order valence-electron chi connectivity index (χ2n) is 3.37. The summed E-state index contributed by atoms with van der Waals surface area (Å²) in [5, 5.41) is 0. The van der Waals surface area contributed by atoms with Crippen molar-refractivity contribution in [3.8, 4) is 11.3 Å². The third-order valence-electron chi connectivity index (χ3n) is 2.27. The van der Waals surface area contributed by atoms with Crippen molar-refractivity contribution in [1.82, 2.24) is 4.98 Å². The molecule has 2 aromatic rings. The van der Waals surface area contributed by atoms with Crippen LogP contribution in [0.1, 0.15) is 11.5 Å². The Labute approximate surface area is 93.9 Å². The molecule has 1 heterocycles. The fourth-order valence-corrected chi connectivity index (χ4v) is 1.64. The fourth-order valence-electron chi connectivity index (χ4n) is 1.48. The van der Waals surface area contributed by atoms with Crippen LogP contribution in [0.25, 0.3) is 11.3 Å². The number of aromatic nitrogens is 1. The molecule has 1 aromatic carbocycles. The first-order chi connectivity index (χ1) is 7.31. The zero-order chi connectivity index (χ0) is 10.7. The lowest BCUT2D eigenvalue weighted by molar-refractivity contribution is 0.514. The molecule has 0 radical (unpaired) electrons. The Morgan fingerprint density at radius 1 is 1.33 bits per heavy atom. The zero-order valence-corrected chi connectivity index (χ0v) is 9.29. The van der Waals surface area contributed by atoms with Gasteiger partial charge in [0.1, 0.15) is 0 Å². The van der Waals surface area contributed by atoms with Crippen LogP contribution in [0.5, 0.6) is 0 Å². The van der Waals surface area contributed by atoms with Crippen molar-refractivity contribution in [1.29, 1.82) is 0 Å². The lowest BCUT2D eigenvalue weighted by Crippen LogP contribution is -1.83. The largest absolute Gasteiger partial charge is 0.441 e. The standard InChI is InChI=1S/C12H12ClNO/c1-9-4-2-3-5-10(9)11-8-14-12(15-11)6-7-13/h2-5,8H,6-7H2,1H3. The van der Waals surface area contributed by atoms with Gasteiger partial charge in [-0.2, -0.15) is 0 Å². The Balaban J connectivity index is 2.33. The van der Waals surface area contributed by atoms with Crippen LogP contribution in [0.3, 0.4) is 0 Å². The van der Waals surface area contributed by atoms with Crippen LogP contribution in [-0.2, 0) is 6.42 Å². The monoisotopic (exact) mass is 221 g/mol. The number of aryl methyl sites for hydroxylation is 2. The summed E-state index contributed by atoms with van der Waals surface area (Å²) >= 11 is 5.62. The number of oxazole rings is 1. The first-order valence-electron chi connectivity index (χ1n) is 4.88. The van der Waals surface area contributed by atoms with Crippen LogP contribution in [0, 0.1) is 6.92 Å². The number of hydrogen-bond acceptors (Lipinski definition) is 2. The second kappa shape index (κ2) is 4.49. The number of benzene rings is 1. The summed E-state index contributed by atoms with van der Waals surface area (Å²) in [6.45, 7) is 2.05. The highest BCUT2D eigenvalue weighted by atomic mass is 35.5. The van der Waals surface area contributed by atoms with E-state index >= 15 is 0 Å². The van der Waals surface area contributed by atoms with Gasteiger partial charge < -0.3 is 4.42 Å². The van der Waals surface area contributed by atoms with Crippen molar-refractivity contribution in [3.05, 3.63) is 41.9 Å². The highest BCUT2D eigenvalue weighted by molar-refractivity contribution is 6.17. The molecule has 0 N–H and O–H groups in total. The maximum atomic E-state index is 5.62. The summed E-state index contributed by atoms with van der Waals surface area (Å²) in [4.78, 5) is 4.17. The molecule has 3 heteroatoms. The molecule has 1 aromatic heterocycles. The summed E-state index contributed by atoms with van der Waals surface area (Å²) < 4.78 is 5.60. The molecule has 0 aliphatic carbocycles. The van der Waals surface area contributed by atoms with Gasteiger partial charge in [0, 0.05) is 17.9 Å². The van der Waals surface area contributed by atoms with E-state index in [-0.39, 0.29) is 0 Å². The molecule has 0 spiro atoms. The van der Waals surface area contributed by atoms with Gasteiger partial charge in [-0.05, 0) is 12.5 Å². The number of nitrogens with zero attached hydrogens (tertiary/aromatic N) is 1. The minimum absolute atomic E-state index is 0.535. The topological polar surface area (TPSA) is 26.0 Å². The van der Waals surface area contributed by atoms with Gasteiger partial charge in [0.2, 0.25) is 0 Å². The molecule has 0 fully saturated rings. The van der Waals surface area contributed by atoms with E-state index in [0.717, 1.165) is 11.3 Å². The Morgan fingerprint density at radius 2 is 2.13 bits per heavy atom. The summed E-state index contributed by atoms with van der Waals surface area (Å²) in [5.41, 5.74) is 2.27. The van der Waals surface area contributed by atoms with E-state index in [9.17, 15) is 0 Å². The van der Waals surface area contributed by atoms with Crippen LogP contribution in [0.15, 0.2) is 34.9 Å². The molecule has 0 unspecified atom stereocenters. The van der Waals surface area contributed by atoms with Crippen molar-refractivity contribution < 1.29 is 4.42 Å². The minimum atomic E-state index is 0.535. The Bertz CT molecular complexity index is 450. The van der Waals surface area contributed by atoms with Crippen LogP contribution in [0.2, 0.25) is 0 Å². The van der Waals surface area contributed by atoms with Gasteiger partial charge in [-0.3, -0.25) is 0 Å². The zero-order valence-electron chi connectivity index (χ0n) is 8.53. The lowest BCUT2D eigenvalue weighted by atomic mass is 10.1. The minimum Gasteiger partial charge on any atom is -0.441 e. The maximum absolute atomic E-state index is 5.62. The molecule has 0 bridgehead atoms. The van der Waals surface area contributed by atoms with Crippen molar-refractivity contribution in [2.45, 2.75) is 13.3 Å². The number of alkyl halides is 1. The molecule has 0 saturated carbocycles. The van der Waals surface area contributed by atoms with Gasteiger partial charge in [0.15, 0.2) is 11.7 Å². The first kappa shape index (κ1) is 10.2. The third kappa shape index (κ3) is 2.21. The van der Waals surface area contributed by atoms with E-state index in [1.165, 1.54) is 5.56 Å². The molecule has 0 amide bonds. The smallest absolute Gasteiger partial charge is 0.196 e. The predicted octanol–water partition coefficient (Wildman–Crippen LogP) is 3.43. The molecular weight excluding hydrogens is 210 g/mol. The summed E-state index contributed by atoms with van der Waals surface area (Å²) in [7, 11) is 0. The number of hydrogen-bond donors (Lipinski definition) is 0. The Kier molecular flexibility index (Phi) is 3.07. The third-order valence-corrected chi connectivity index (χ3v) is 2.46. The van der Waals surface area contributed by atoms with E-state index in [1.54, 1.807) is 6.20 Å². The lowest BCUT2D eigenvalue weighted by Gasteiger charge is -1.99. The van der Waals surface area contributed by atoms with E-state index in [2.05, 4.69) is 18.0 Å². The quantitative estimate of drug-likeness (QED) is 0.743. The highest BCUT2D eigenvalue weighted by Gasteiger charge is 2.07. The average Bonchev–Trinajstić information content (AvgIpc) is 2.68. The fraction of sp³-hybridized carbons (Fsp3) is 0.250. The number of rotatable bonds is 3. The van der Waals surface area contributed by atoms with Gasteiger partial charge in [-0.15, -0.1) is 11.6 Å². The second-order valence-corrected chi connectivity index (χ2v) is 3.75. The maximum Gasteiger partial charge on any atom is 0.196 e. The van der Waals surface area contributed by atoms with E-state index in [0.29, 0.717) is 18.2 Å². The number of halogens is 1. The molecule has 0 atom stereocenters. The average molecular weight is 222 g/mol. The van der Waals surface area contributed by atoms with Crippen molar-refractivity contribution in [3.63, 3.8) is 0 Å². The SMILES string of the molecule is Cc1ccccc1-c1cnc(CCCl)o1. The normalized spacial score (nSPS) is 10.5. The summed E-state index contributed by atoms with van der Waals surface area (Å²) in [6, 6.07) is 8.08. The van der Waals surface area contributed by atoms with Gasteiger partial charge in [-0.25, -0.2) is 4.98 Å². The van der Waals surface area contributed by atoms with Crippen LogP contribution in [0.4, 0.5) is 0 Å². The predicted molar refractivity (Wildman–Crippen MR) is 61.1 cm³/mol. The van der Waals surface area contributed by atoms with E-state index in [1.807, 2.05) is 18.2 Å². The van der Waals surface area contributed by atoms with Gasteiger partial charge in [0.25, 0.3) is 0 Å². The van der Waals surface area contributed by atoms with Crippen molar-refractivity contribution in [2.24, 2.45) is 0 Å². The van der Waals surface area contributed by atoms with Crippen molar-refractivity contribution in [2.75, 3.05) is 5.88 Å². The molecule has 0 aliphatic heterocycles. The Hall–Kier alpha value is -1.28. The molecule has 2 rings (SSSR count). The molecule has 15 heavy (non-hydrogen) atoms. The van der Waals surface area contributed by atoms with E-state index in [4.69, 9.17) is 16.0 Å². The van der Waals surface area contributed by atoms with Crippen LogP contribution < -0.4 is 0 Å². The van der Waals surface area contributed by atoms with Crippen LogP contribution >= 0.6 is 11.6 Å². The molecule has 78 valence electrons. The summed E-state index contributed by atoms with van der Waals surface area (Å²) in [6.07, 6.45) is 2.43. The highest BCUT2D eigenvalue weighted by Crippen LogP contribution is 2.23. The van der Waals surface area contributed by atoms with Crippen LogP contribution in [-0.4, -0.2) is 10.9 Å². The molecule has 0 saturated heterocycles. The van der Waals surface area contributed by atoms with Crippen molar-refractivity contribution >= 4 is 11.6 Å². The molecule has 0 aliphatic rings. The summed E-state index contributed by atoms with van der Waals surface area (Å²) in [5.74, 6) is 2.05. The van der Waals surface area contributed by atoms with Gasteiger partial charge in [0.05, 0.1) is 6.20 Å². The van der Waals surface area contributed by atoms with E-state index < -0.39 is 0 Å². The Morgan fingerprint density at radius 3 is 2.87 bits per heavy atom. The molecule has 2 nitrogen and oxygen atoms in total. The van der Waals surface area contributed by atoms with Gasteiger partial charge in [-0.1, -0.05) is 24.3 Å². The first-order valence-corrected chi connectivity index (χ1v) is 5.41.